The van der Waals surface area contributed by atoms with Crippen molar-refractivity contribution < 1.29 is 24.1 Å². The second-order valence-electron chi connectivity index (χ2n) is 5.26. The third kappa shape index (κ3) is 2.87. The minimum absolute atomic E-state index is 0.0301. The molecule has 1 unspecified atom stereocenters. The van der Waals surface area contributed by atoms with Crippen molar-refractivity contribution in [3.05, 3.63) is 77.2 Å². The van der Waals surface area contributed by atoms with E-state index < -0.39 is 23.6 Å². The van der Waals surface area contributed by atoms with Gasteiger partial charge in [-0.25, -0.2) is 0 Å². The summed E-state index contributed by atoms with van der Waals surface area (Å²) in [6, 6.07) is 13.1. The lowest BCUT2D eigenvalue weighted by molar-refractivity contribution is -0.137. The fraction of sp³-hybridized carbons (Fsp3) is 0.167. The van der Waals surface area contributed by atoms with Gasteiger partial charge in [-0.1, -0.05) is 42.5 Å². The highest BCUT2D eigenvalue weighted by Crippen LogP contribution is 2.38. The SMILES string of the molecule is [2H]N(C)C1=C(c2cccc(C(F)(F)F)c2)C(=O)C(c2ccccc2)O1. The lowest BCUT2D eigenvalue weighted by Crippen LogP contribution is -2.10. The average molecular weight is 334 g/mol. The molecule has 1 N–H and O–H groups in total. The summed E-state index contributed by atoms with van der Waals surface area (Å²) in [5, 5.41) is 0.844. The van der Waals surface area contributed by atoms with Crippen LogP contribution in [0.1, 0.15) is 22.8 Å². The predicted molar refractivity (Wildman–Crippen MR) is 82.7 cm³/mol. The Morgan fingerprint density at radius 2 is 1.83 bits per heavy atom. The monoisotopic (exact) mass is 334 g/mol. The number of alkyl halides is 3. The lowest BCUT2D eigenvalue weighted by atomic mass is 9.96. The van der Waals surface area contributed by atoms with Gasteiger partial charge in [0.25, 0.3) is 0 Å². The first-order chi connectivity index (χ1) is 11.8. The van der Waals surface area contributed by atoms with Crippen molar-refractivity contribution in [3.8, 4) is 0 Å². The zero-order chi connectivity index (χ0) is 18.2. The largest absolute Gasteiger partial charge is 0.462 e. The van der Waals surface area contributed by atoms with E-state index in [0.29, 0.717) is 5.56 Å². The number of hydrogen-bond acceptors (Lipinski definition) is 3. The van der Waals surface area contributed by atoms with E-state index in [9.17, 15) is 18.0 Å². The van der Waals surface area contributed by atoms with E-state index in [1.807, 2.05) is 0 Å². The fourth-order valence-electron chi connectivity index (χ4n) is 2.59. The molecule has 24 heavy (non-hydrogen) atoms. The highest BCUT2D eigenvalue weighted by atomic mass is 19.4. The average Bonchev–Trinajstić information content (AvgIpc) is 2.93. The van der Waals surface area contributed by atoms with Gasteiger partial charge >= 0.3 is 6.18 Å². The maximum Gasteiger partial charge on any atom is 0.416 e. The van der Waals surface area contributed by atoms with Gasteiger partial charge in [-0.2, -0.15) is 13.2 Å². The van der Waals surface area contributed by atoms with Crippen LogP contribution in [0.3, 0.4) is 0 Å². The van der Waals surface area contributed by atoms with E-state index in [4.69, 9.17) is 6.15 Å². The highest BCUT2D eigenvalue weighted by Gasteiger charge is 2.38. The van der Waals surface area contributed by atoms with Crippen LogP contribution in [-0.4, -0.2) is 12.8 Å². The Kier molecular flexibility index (Phi) is 3.72. The highest BCUT2D eigenvalue weighted by molar-refractivity contribution is 6.25. The first-order valence-corrected chi connectivity index (χ1v) is 7.19. The minimum Gasteiger partial charge on any atom is -0.462 e. The van der Waals surface area contributed by atoms with Crippen molar-refractivity contribution in [1.82, 2.24) is 5.31 Å². The number of Topliss-reactive ketones (excluding diaryl/α,β-unsaturated/α-hetero) is 1. The first kappa shape index (κ1) is 14.8. The third-order valence-electron chi connectivity index (χ3n) is 3.71. The zero-order valence-corrected chi connectivity index (χ0v) is 12.7. The van der Waals surface area contributed by atoms with E-state index in [2.05, 4.69) is 0 Å². The van der Waals surface area contributed by atoms with Crippen LogP contribution in [0.15, 0.2) is 60.5 Å². The zero-order valence-electron chi connectivity index (χ0n) is 13.7. The van der Waals surface area contributed by atoms with Gasteiger partial charge in [-0.15, -0.1) is 0 Å². The quantitative estimate of drug-likeness (QED) is 0.924. The molecule has 2 aromatic rings. The molecular weight excluding hydrogens is 319 g/mol. The molecule has 0 bridgehead atoms. The molecule has 1 atom stereocenters. The fourth-order valence-corrected chi connectivity index (χ4v) is 2.59. The number of ketones is 1. The number of rotatable bonds is 3. The number of benzene rings is 2. The van der Waals surface area contributed by atoms with Crippen LogP contribution in [0.5, 0.6) is 0 Å². The molecule has 0 amide bonds. The lowest BCUT2D eigenvalue weighted by Gasteiger charge is -2.11. The van der Waals surface area contributed by atoms with Crippen molar-refractivity contribution in [1.29, 1.82) is 0 Å². The summed E-state index contributed by atoms with van der Waals surface area (Å²) >= 11 is 0. The molecule has 0 radical (unpaired) electrons. The van der Waals surface area contributed by atoms with Crippen LogP contribution >= 0.6 is 0 Å². The van der Waals surface area contributed by atoms with E-state index in [-0.39, 0.29) is 17.0 Å². The van der Waals surface area contributed by atoms with Crippen LogP contribution in [0, 0.1) is 0 Å². The molecule has 3 nitrogen and oxygen atoms in total. The van der Waals surface area contributed by atoms with Crippen LogP contribution < -0.4 is 5.31 Å². The molecule has 0 aliphatic carbocycles. The van der Waals surface area contributed by atoms with Gasteiger partial charge in [-0.05, 0) is 17.7 Å². The molecule has 0 saturated heterocycles. The number of hydrogen-bond donors (Lipinski definition) is 1. The van der Waals surface area contributed by atoms with Crippen molar-refractivity contribution >= 4 is 11.4 Å². The molecule has 2 aromatic carbocycles. The van der Waals surface area contributed by atoms with Gasteiger partial charge in [0.05, 0.1) is 11.1 Å². The molecule has 0 spiro atoms. The number of carbonyl (C=O) groups is 1. The minimum atomic E-state index is -4.52. The molecule has 3 rings (SSSR count). The Bertz CT molecular complexity index is 832. The standard InChI is InChI=1S/C18H14F3NO2/c1-22-17-14(12-8-5-9-13(10-12)18(19,20)21)15(23)16(24-17)11-6-3-2-4-7-11/h2-10,16,22H,1H3/i/hD. The number of carbonyl (C=O) groups excluding carboxylic acids is 1. The predicted octanol–water partition coefficient (Wildman–Crippen LogP) is 3.93. The summed E-state index contributed by atoms with van der Waals surface area (Å²) < 4.78 is 52.3. The topological polar surface area (TPSA) is 38.3 Å². The maximum absolute atomic E-state index is 13.0. The molecule has 6 heteroatoms. The second kappa shape index (κ2) is 6.03. The molecule has 1 aliphatic heterocycles. The van der Waals surface area contributed by atoms with E-state index in [1.54, 1.807) is 30.3 Å². The van der Waals surface area contributed by atoms with Crippen molar-refractivity contribution in [3.63, 3.8) is 0 Å². The number of ether oxygens (including phenoxy) is 1. The normalized spacial score (nSPS) is 18.4. The summed E-state index contributed by atoms with van der Waals surface area (Å²) in [5.41, 5.74) is -0.237. The van der Waals surface area contributed by atoms with Gasteiger partial charge in [-0.3, -0.25) is 4.79 Å². The van der Waals surface area contributed by atoms with Crippen LogP contribution in [0.4, 0.5) is 13.2 Å². The summed E-state index contributed by atoms with van der Waals surface area (Å²) in [6.45, 7) is 0. The molecular formula is C18H14F3NO2. The smallest absolute Gasteiger partial charge is 0.416 e. The van der Waals surface area contributed by atoms with Gasteiger partial charge in [0.1, 0.15) is 0 Å². The summed E-state index contributed by atoms with van der Waals surface area (Å²) in [5.74, 6) is -0.544. The van der Waals surface area contributed by atoms with E-state index in [1.165, 1.54) is 19.2 Å². The summed E-state index contributed by atoms with van der Waals surface area (Å²) in [6.07, 6.45) is -5.50. The Balaban J connectivity index is 2.06. The summed E-state index contributed by atoms with van der Waals surface area (Å²) in [4.78, 5) is 12.8. The van der Waals surface area contributed by atoms with Crippen LogP contribution in [0.2, 0.25) is 1.41 Å². The molecule has 0 aromatic heterocycles. The summed E-state index contributed by atoms with van der Waals surface area (Å²) in [7, 11) is 1.35. The van der Waals surface area contributed by atoms with E-state index >= 15 is 0 Å². The molecule has 124 valence electrons. The number of halogens is 3. The molecule has 1 aliphatic rings. The second-order valence-corrected chi connectivity index (χ2v) is 5.26. The van der Waals surface area contributed by atoms with Gasteiger partial charge in [0, 0.05) is 12.6 Å². The van der Waals surface area contributed by atoms with Gasteiger partial charge in [0.2, 0.25) is 5.78 Å². The van der Waals surface area contributed by atoms with Crippen molar-refractivity contribution in [2.45, 2.75) is 12.3 Å². The number of nitrogens with one attached hydrogen (secondary N) is 1. The Morgan fingerprint density at radius 1 is 1.12 bits per heavy atom. The maximum atomic E-state index is 13.0. The van der Waals surface area contributed by atoms with Gasteiger partial charge in [0.15, 0.2) is 13.4 Å². The van der Waals surface area contributed by atoms with Crippen LogP contribution in [0.25, 0.3) is 5.57 Å². The molecule has 0 fully saturated rings. The Hall–Kier alpha value is -2.76. The van der Waals surface area contributed by atoms with E-state index in [0.717, 1.165) is 17.4 Å². The van der Waals surface area contributed by atoms with Crippen molar-refractivity contribution in [2.75, 3.05) is 7.05 Å². The Morgan fingerprint density at radius 3 is 2.46 bits per heavy atom. The van der Waals surface area contributed by atoms with Gasteiger partial charge < -0.3 is 10.0 Å². The Labute approximate surface area is 138 Å². The van der Waals surface area contributed by atoms with Crippen LogP contribution in [-0.2, 0) is 15.7 Å². The molecule has 1 heterocycles. The third-order valence-corrected chi connectivity index (χ3v) is 3.71. The molecule has 0 saturated carbocycles. The first-order valence-electron chi connectivity index (χ1n) is 7.64. The van der Waals surface area contributed by atoms with Crippen molar-refractivity contribution in [2.24, 2.45) is 0 Å².